The Hall–Kier alpha value is -1.95. The van der Waals surface area contributed by atoms with Crippen LogP contribution in [0.25, 0.3) is 0 Å². The number of H-pyrrole nitrogens is 1. The molecular weight excluding hydrogens is 190 g/mol. The van der Waals surface area contributed by atoms with Crippen LogP contribution in [0.15, 0.2) is 17.1 Å². The van der Waals surface area contributed by atoms with Crippen molar-refractivity contribution < 1.29 is 19.8 Å². The molecule has 6 nitrogen and oxygen atoms in total. The summed E-state index contributed by atoms with van der Waals surface area (Å²) in [6.45, 7) is 0. The summed E-state index contributed by atoms with van der Waals surface area (Å²) in [5.41, 5.74) is -0.910. The standard InChI is InChI=1S/C7H5NO4.CH4O/c9-3-4-2-8-5(7(11)12)1-6(4)10;1-2/h1-3H,(H,8,10)(H,11,12);2H,1H3. The van der Waals surface area contributed by atoms with Gasteiger partial charge in [0.2, 0.25) is 0 Å². The van der Waals surface area contributed by atoms with Gasteiger partial charge in [0.25, 0.3) is 0 Å². The maximum Gasteiger partial charge on any atom is 0.352 e. The van der Waals surface area contributed by atoms with E-state index >= 15 is 0 Å². The van der Waals surface area contributed by atoms with Gasteiger partial charge in [-0.3, -0.25) is 9.59 Å². The minimum atomic E-state index is -1.23. The molecule has 0 radical (unpaired) electrons. The molecule has 0 unspecified atom stereocenters. The minimum absolute atomic E-state index is 0.0833. The van der Waals surface area contributed by atoms with Crippen LogP contribution in [0.2, 0.25) is 0 Å². The lowest BCUT2D eigenvalue weighted by atomic mass is 10.2. The number of carbonyl (C=O) groups excluding carboxylic acids is 1. The Morgan fingerprint density at radius 1 is 1.50 bits per heavy atom. The number of aldehydes is 1. The molecule has 1 aromatic heterocycles. The molecule has 1 heterocycles. The van der Waals surface area contributed by atoms with E-state index in [1.54, 1.807) is 0 Å². The van der Waals surface area contributed by atoms with Crippen LogP contribution in [0.1, 0.15) is 20.8 Å². The van der Waals surface area contributed by atoms with Crippen LogP contribution in [0.4, 0.5) is 0 Å². The van der Waals surface area contributed by atoms with Crippen LogP contribution in [0, 0.1) is 0 Å². The second-order valence-electron chi connectivity index (χ2n) is 2.09. The summed E-state index contributed by atoms with van der Waals surface area (Å²) in [5.74, 6) is -1.23. The van der Waals surface area contributed by atoms with E-state index in [-0.39, 0.29) is 11.3 Å². The average molecular weight is 199 g/mol. The molecule has 76 valence electrons. The number of nitrogens with one attached hydrogen (secondary N) is 1. The van der Waals surface area contributed by atoms with Crippen LogP contribution < -0.4 is 5.43 Å². The second-order valence-corrected chi connectivity index (χ2v) is 2.09. The Balaban J connectivity index is 0.000000791. The van der Waals surface area contributed by atoms with Crippen molar-refractivity contribution in [2.75, 3.05) is 7.11 Å². The van der Waals surface area contributed by atoms with Crippen LogP contribution in [0.5, 0.6) is 0 Å². The molecule has 6 heteroatoms. The van der Waals surface area contributed by atoms with Crippen molar-refractivity contribution in [1.82, 2.24) is 4.98 Å². The first-order valence-corrected chi connectivity index (χ1v) is 3.51. The van der Waals surface area contributed by atoms with Crippen LogP contribution in [-0.4, -0.2) is 34.6 Å². The van der Waals surface area contributed by atoms with Gasteiger partial charge in [-0.2, -0.15) is 0 Å². The van der Waals surface area contributed by atoms with Gasteiger partial charge in [-0.1, -0.05) is 0 Å². The molecule has 0 fully saturated rings. The molecule has 0 aliphatic carbocycles. The lowest BCUT2D eigenvalue weighted by Crippen LogP contribution is -2.12. The molecule has 0 bridgehead atoms. The lowest BCUT2D eigenvalue weighted by Gasteiger charge is -1.93. The smallest absolute Gasteiger partial charge is 0.352 e. The number of aromatic nitrogens is 1. The highest BCUT2D eigenvalue weighted by atomic mass is 16.4. The number of carboxylic acid groups (broad SMARTS) is 1. The van der Waals surface area contributed by atoms with Gasteiger partial charge in [-0.05, 0) is 0 Å². The maximum absolute atomic E-state index is 10.9. The van der Waals surface area contributed by atoms with E-state index in [0.717, 1.165) is 19.4 Å². The molecule has 0 amide bonds. The largest absolute Gasteiger partial charge is 0.477 e. The fourth-order valence-electron chi connectivity index (χ4n) is 0.698. The SMILES string of the molecule is CO.O=Cc1c[nH]c(C(=O)O)cc1=O. The first-order chi connectivity index (χ1) is 6.65. The number of aliphatic hydroxyl groups is 1. The molecular formula is C8H9NO5. The molecule has 0 aromatic carbocycles. The third-order valence-corrected chi connectivity index (χ3v) is 1.30. The van der Waals surface area contributed by atoms with Crippen molar-refractivity contribution in [2.24, 2.45) is 0 Å². The van der Waals surface area contributed by atoms with Gasteiger partial charge in [0.05, 0.1) is 5.56 Å². The van der Waals surface area contributed by atoms with Gasteiger partial charge >= 0.3 is 5.97 Å². The van der Waals surface area contributed by atoms with E-state index in [0.29, 0.717) is 6.29 Å². The van der Waals surface area contributed by atoms with E-state index in [1.807, 2.05) is 0 Å². The molecule has 1 rings (SSSR count). The topological polar surface area (TPSA) is 107 Å². The van der Waals surface area contributed by atoms with Crippen molar-refractivity contribution >= 4 is 12.3 Å². The highest BCUT2D eigenvalue weighted by Crippen LogP contribution is 1.90. The van der Waals surface area contributed by atoms with E-state index in [2.05, 4.69) is 4.98 Å². The van der Waals surface area contributed by atoms with Crippen molar-refractivity contribution in [3.8, 4) is 0 Å². The molecule has 0 saturated carbocycles. The summed E-state index contributed by atoms with van der Waals surface area (Å²) in [6.07, 6.45) is 1.43. The molecule has 0 saturated heterocycles. The average Bonchev–Trinajstić information content (AvgIpc) is 2.20. The third kappa shape index (κ3) is 2.83. The number of pyridine rings is 1. The normalized spacial score (nSPS) is 8.43. The Morgan fingerprint density at radius 2 is 2.07 bits per heavy atom. The number of rotatable bonds is 2. The number of aromatic carboxylic acids is 1. The third-order valence-electron chi connectivity index (χ3n) is 1.30. The highest BCUT2D eigenvalue weighted by molar-refractivity contribution is 5.86. The van der Waals surface area contributed by atoms with Gasteiger partial charge in [0, 0.05) is 19.4 Å². The van der Waals surface area contributed by atoms with Crippen molar-refractivity contribution in [1.29, 1.82) is 0 Å². The van der Waals surface area contributed by atoms with Gasteiger partial charge in [0.15, 0.2) is 11.7 Å². The summed E-state index contributed by atoms with van der Waals surface area (Å²) >= 11 is 0. The van der Waals surface area contributed by atoms with Crippen LogP contribution in [0.3, 0.4) is 0 Å². The second kappa shape index (κ2) is 5.65. The number of aromatic amines is 1. The monoisotopic (exact) mass is 199 g/mol. The Bertz CT molecular complexity index is 382. The van der Waals surface area contributed by atoms with Gasteiger partial charge in [-0.25, -0.2) is 4.79 Å². The molecule has 1 aromatic rings. The molecule has 0 aliphatic heterocycles. The first kappa shape index (κ1) is 12.0. The number of carbonyl (C=O) groups is 2. The molecule has 3 N–H and O–H groups in total. The Kier molecular flexibility index (Phi) is 4.87. The summed E-state index contributed by atoms with van der Waals surface area (Å²) in [4.78, 5) is 33.6. The van der Waals surface area contributed by atoms with Crippen molar-refractivity contribution in [3.05, 3.63) is 33.7 Å². The van der Waals surface area contributed by atoms with Crippen LogP contribution in [-0.2, 0) is 0 Å². The summed E-state index contributed by atoms with van der Waals surface area (Å²) in [6, 6.07) is 0.867. The van der Waals surface area contributed by atoms with Crippen LogP contribution >= 0.6 is 0 Å². The number of aliphatic hydroxyl groups excluding tert-OH is 1. The van der Waals surface area contributed by atoms with Gasteiger partial charge in [0.1, 0.15) is 5.69 Å². The Labute approximate surface area is 78.8 Å². The van der Waals surface area contributed by atoms with Crippen molar-refractivity contribution in [3.63, 3.8) is 0 Å². The number of hydrogen-bond donors (Lipinski definition) is 3. The zero-order valence-corrected chi connectivity index (χ0v) is 7.35. The molecule has 14 heavy (non-hydrogen) atoms. The van der Waals surface area contributed by atoms with Gasteiger partial charge in [-0.15, -0.1) is 0 Å². The minimum Gasteiger partial charge on any atom is -0.477 e. The highest BCUT2D eigenvalue weighted by Gasteiger charge is 2.05. The quantitative estimate of drug-likeness (QED) is 0.556. The summed E-state index contributed by atoms with van der Waals surface area (Å²) in [5, 5.41) is 15.4. The summed E-state index contributed by atoms with van der Waals surface area (Å²) in [7, 11) is 1.00. The Morgan fingerprint density at radius 3 is 2.43 bits per heavy atom. The number of hydrogen-bond acceptors (Lipinski definition) is 4. The van der Waals surface area contributed by atoms with E-state index in [4.69, 9.17) is 10.2 Å². The fourth-order valence-corrected chi connectivity index (χ4v) is 0.698. The molecule has 0 spiro atoms. The summed E-state index contributed by atoms with van der Waals surface area (Å²) < 4.78 is 0. The maximum atomic E-state index is 10.9. The fraction of sp³-hybridized carbons (Fsp3) is 0.125. The first-order valence-electron chi connectivity index (χ1n) is 3.51. The number of carboxylic acids is 1. The van der Waals surface area contributed by atoms with Gasteiger partial charge < -0.3 is 15.2 Å². The zero-order valence-electron chi connectivity index (χ0n) is 7.35. The van der Waals surface area contributed by atoms with Crippen molar-refractivity contribution in [2.45, 2.75) is 0 Å². The predicted molar refractivity (Wildman–Crippen MR) is 47.6 cm³/mol. The zero-order chi connectivity index (χ0) is 11.1. The molecule has 0 atom stereocenters. The van der Waals surface area contributed by atoms with E-state index in [1.165, 1.54) is 0 Å². The lowest BCUT2D eigenvalue weighted by molar-refractivity contribution is 0.0690. The van der Waals surface area contributed by atoms with E-state index < -0.39 is 11.4 Å². The molecule has 0 aliphatic rings. The predicted octanol–water partition coefficient (Wildman–Crippen LogP) is -0.506. The van der Waals surface area contributed by atoms with E-state index in [9.17, 15) is 14.4 Å².